The number of thiazole rings is 1. The van der Waals surface area contributed by atoms with Crippen LogP contribution < -0.4 is 10.6 Å². The number of piperidine rings is 1. The van der Waals surface area contributed by atoms with Crippen molar-refractivity contribution in [1.82, 2.24) is 15.5 Å². The van der Waals surface area contributed by atoms with E-state index in [0.29, 0.717) is 21.8 Å². The molecule has 26 heavy (non-hydrogen) atoms. The van der Waals surface area contributed by atoms with Crippen LogP contribution in [0.15, 0.2) is 41.1 Å². The number of benzene rings is 1. The van der Waals surface area contributed by atoms with E-state index in [4.69, 9.17) is 16.1 Å². The summed E-state index contributed by atoms with van der Waals surface area (Å²) in [5.74, 6) is 0.668. The largest absolute Gasteiger partial charge is 0.355 e. The molecule has 0 atom stereocenters. The maximum atomic E-state index is 12.4. The summed E-state index contributed by atoms with van der Waals surface area (Å²) in [4.78, 5) is 17.9. The lowest BCUT2D eigenvalue weighted by atomic mass is 9.97. The van der Waals surface area contributed by atoms with Crippen LogP contribution in [0.5, 0.6) is 0 Å². The van der Waals surface area contributed by atoms with Gasteiger partial charge in [0.1, 0.15) is 0 Å². The number of carbonyl (C=O) groups is 1. The molecule has 2 aromatic heterocycles. The summed E-state index contributed by atoms with van der Waals surface area (Å²) in [6, 6.07) is 8.80. The zero-order chi connectivity index (χ0) is 17.9. The highest BCUT2D eigenvalue weighted by Crippen LogP contribution is 2.32. The summed E-state index contributed by atoms with van der Waals surface area (Å²) >= 11 is 7.51. The third-order valence-corrected chi connectivity index (χ3v) is 5.65. The lowest BCUT2D eigenvalue weighted by molar-refractivity contribution is 0.101. The number of hydrogen-bond acceptors (Lipinski definition) is 6. The molecule has 3 heterocycles. The first kappa shape index (κ1) is 17.2. The van der Waals surface area contributed by atoms with Gasteiger partial charge in [0, 0.05) is 27.7 Å². The van der Waals surface area contributed by atoms with E-state index in [1.54, 1.807) is 18.2 Å². The number of nitrogens with zero attached hydrogens (tertiary/aromatic N) is 2. The van der Waals surface area contributed by atoms with Gasteiger partial charge < -0.3 is 9.84 Å². The molecule has 0 spiro atoms. The molecule has 6 nitrogen and oxygen atoms in total. The van der Waals surface area contributed by atoms with Crippen molar-refractivity contribution >= 4 is 34.0 Å². The third kappa shape index (κ3) is 3.80. The summed E-state index contributed by atoms with van der Waals surface area (Å²) in [6.07, 6.45) is 4.06. The van der Waals surface area contributed by atoms with Gasteiger partial charge in [-0.1, -0.05) is 28.9 Å². The molecule has 0 aliphatic carbocycles. The fourth-order valence-electron chi connectivity index (χ4n) is 2.96. The predicted molar refractivity (Wildman–Crippen MR) is 102 cm³/mol. The van der Waals surface area contributed by atoms with Crippen molar-refractivity contribution in [2.45, 2.75) is 18.8 Å². The third-order valence-electron chi connectivity index (χ3n) is 4.34. The van der Waals surface area contributed by atoms with Crippen LogP contribution in [0.4, 0.5) is 5.13 Å². The lowest BCUT2D eigenvalue weighted by Crippen LogP contribution is -2.26. The summed E-state index contributed by atoms with van der Waals surface area (Å²) < 4.78 is 5.27. The fraction of sp³-hybridized carbons (Fsp3) is 0.278. The van der Waals surface area contributed by atoms with Gasteiger partial charge in [-0.05, 0) is 44.0 Å². The van der Waals surface area contributed by atoms with E-state index in [0.717, 1.165) is 31.5 Å². The van der Waals surface area contributed by atoms with Crippen molar-refractivity contribution in [1.29, 1.82) is 0 Å². The van der Waals surface area contributed by atoms with E-state index >= 15 is 0 Å². The van der Waals surface area contributed by atoms with Gasteiger partial charge >= 0.3 is 0 Å². The van der Waals surface area contributed by atoms with E-state index in [1.165, 1.54) is 16.2 Å². The second-order valence-electron chi connectivity index (χ2n) is 6.13. The van der Waals surface area contributed by atoms with Gasteiger partial charge in [-0.3, -0.25) is 10.1 Å². The molecule has 0 saturated carbocycles. The number of nitrogens with one attached hydrogen (secondary N) is 2. The Morgan fingerprint density at radius 1 is 1.31 bits per heavy atom. The Hall–Kier alpha value is -2.22. The molecule has 0 radical (unpaired) electrons. The average molecular weight is 389 g/mol. The highest BCUT2D eigenvalue weighted by atomic mass is 35.5. The van der Waals surface area contributed by atoms with Crippen molar-refractivity contribution < 1.29 is 9.32 Å². The topological polar surface area (TPSA) is 80.0 Å². The van der Waals surface area contributed by atoms with Crippen LogP contribution in [0.2, 0.25) is 5.02 Å². The molecule has 4 rings (SSSR count). The van der Waals surface area contributed by atoms with Gasteiger partial charge in [0.25, 0.3) is 5.91 Å². The summed E-state index contributed by atoms with van der Waals surface area (Å²) in [5.41, 5.74) is 0.977. The normalized spacial score (nSPS) is 15.1. The van der Waals surface area contributed by atoms with Crippen LogP contribution >= 0.6 is 22.9 Å². The van der Waals surface area contributed by atoms with Crippen LogP contribution in [-0.4, -0.2) is 29.1 Å². The second-order valence-corrected chi connectivity index (χ2v) is 7.63. The molecule has 8 heteroatoms. The van der Waals surface area contributed by atoms with Crippen LogP contribution in [0.25, 0.3) is 11.3 Å². The molecule has 3 aromatic rings. The maximum Gasteiger partial charge on any atom is 0.279 e. The molecule has 1 amide bonds. The summed E-state index contributed by atoms with van der Waals surface area (Å²) in [7, 11) is 0. The quantitative estimate of drug-likeness (QED) is 0.701. The van der Waals surface area contributed by atoms with Gasteiger partial charge in [0.15, 0.2) is 16.6 Å². The molecule has 0 unspecified atom stereocenters. The number of hydrogen-bond donors (Lipinski definition) is 2. The highest BCUT2D eigenvalue weighted by molar-refractivity contribution is 7.15. The Labute approximate surface area is 159 Å². The van der Waals surface area contributed by atoms with Gasteiger partial charge in [-0.25, -0.2) is 4.98 Å². The molecule has 1 aliphatic heterocycles. The zero-order valence-corrected chi connectivity index (χ0v) is 15.4. The van der Waals surface area contributed by atoms with Gasteiger partial charge in [-0.2, -0.15) is 0 Å². The van der Waals surface area contributed by atoms with Gasteiger partial charge in [0.2, 0.25) is 0 Å². The molecule has 1 aromatic carbocycles. The van der Waals surface area contributed by atoms with Crippen molar-refractivity contribution in [2.75, 3.05) is 18.4 Å². The maximum absolute atomic E-state index is 12.4. The van der Waals surface area contributed by atoms with E-state index in [-0.39, 0.29) is 11.6 Å². The van der Waals surface area contributed by atoms with Crippen LogP contribution in [0, 0.1) is 0 Å². The van der Waals surface area contributed by atoms with E-state index in [2.05, 4.69) is 20.8 Å². The van der Waals surface area contributed by atoms with Crippen molar-refractivity contribution in [3.63, 3.8) is 0 Å². The number of halogens is 1. The first-order chi connectivity index (χ1) is 12.7. The summed E-state index contributed by atoms with van der Waals surface area (Å²) in [6.45, 7) is 2.05. The SMILES string of the molecule is O=C(Nc1ncc(C2CCNCC2)s1)c1cc(-c2cccc(Cl)c2)on1. The Kier molecular flexibility index (Phi) is 5.01. The molecule has 1 aliphatic rings. The van der Waals surface area contributed by atoms with Gasteiger partial charge in [0.05, 0.1) is 0 Å². The van der Waals surface area contributed by atoms with Crippen molar-refractivity contribution in [3.8, 4) is 11.3 Å². The molecule has 1 saturated heterocycles. The molecule has 0 bridgehead atoms. The van der Waals surface area contributed by atoms with Crippen LogP contribution in [0.3, 0.4) is 0 Å². The number of amides is 1. The highest BCUT2D eigenvalue weighted by Gasteiger charge is 2.20. The Morgan fingerprint density at radius 3 is 2.96 bits per heavy atom. The minimum atomic E-state index is -0.340. The van der Waals surface area contributed by atoms with E-state index in [9.17, 15) is 4.79 Å². The Morgan fingerprint density at radius 2 is 2.15 bits per heavy atom. The predicted octanol–water partition coefficient (Wildman–Crippen LogP) is 4.17. The van der Waals surface area contributed by atoms with E-state index in [1.807, 2.05) is 18.3 Å². The van der Waals surface area contributed by atoms with Gasteiger partial charge in [-0.15, -0.1) is 11.3 Å². The number of rotatable bonds is 4. The zero-order valence-electron chi connectivity index (χ0n) is 13.9. The Balaban J connectivity index is 1.45. The second kappa shape index (κ2) is 7.57. The first-order valence-corrected chi connectivity index (χ1v) is 9.59. The van der Waals surface area contributed by atoms with Crippen LogP contribution in [-0.2, 0) is 0 Å². The first-order valence-electron chi connectivity index (χ1n) is 8.39. The van der Waals surface area contributed by atoms with Crippen molar-refractivity contribution in [2.24, 2.45) is 0 Å². The molecule has 134 valence electrons. The monoisotopic (exact) mass is 388 g/mol. The summed E-state index contributed by atoms with van der Waals surface area (Å²) in [5, 5.41) is 11.2. The van der Waals surface area contributed by atoms with E-state index < -0.39 is 0 Å². The molecule has 1 fully saturated rings. The smallest absolute Gasteiger partial charge is 0.279 e. The molecular formula is C18H17ClN4O2S. The number of anilines is 1. The number of carbonyl (C=O) groups excluding carboxylic acids is 1. The molecule has 2 N–H and O–H groups in total. The van der Waals surface area contributed by atoms with Crippen molar-refractivity contribution in [3.05, 3.63) is 52.1 Å². The minimum Gasteiger partial charge on any atom is -0.355 e. The Bertz CT molecular complexity index is 917. The molecular weight excluding hydrogens is 372 g/mol. The number of aromatic nitrogens is 2. The lowest BCUT2D eigenvalue weighted by Gasteiger charge is -2.20. The standard InChI is InChI=1S/C18H17ClN4O2S/c19-13-3-1-2-12(8-13)15-9-14(23-25-15)17(24)22-18-21-10-16(26-18)11-4-6-20-7-5-11/h1-3,8-11,20H,4-7H2,(H,21,22,24). The fourth-order valence-corrected chi connectivity index (χ4v) is 4.13. The minimum absolute atomic E-state index is 0.207. The average Bonchev–Trinajstić information content (AvgIpc) is 3.32. The van der Waals surface area contributed by atoms with Crippen LogP contribution in [0.1, 0.15) is 34.1 Å².